The van der Waals surface area contributed by atoms with Gasteiger partial charge in [-0.05, 0) is 31.5 Å². The van der Waals surface area contributed by atoms with Crippen molar-refractivity contribution in [1.82, 2.24) is 14.3 Å². The normalized spacial score (nSPS) is 22.1. The first-order valence-electron chi connectivity index (χ1n) is 6.14. The van der Waals surface area contributed by atoms with E-state index in [-0.39, 0.29) is 6.10 Å². The zero-order valence-corrected chi connectivity index (χ0v) is 9.79. The summed E-state index contributed by atoms with van der Waals surface area (Å²) in [4.78, 5) is 6.85. The van der Waals surface area contributed by atoms with E-state index in [0.29, 0.717) is 0 Å². The minimum Gasteiger partial charge on any atom is -0.392 e. The van der Waals surface area contributed by atoms with Crippen molar-refractivity contribution in [2.24, 2.45) is 0 Å². The number of aliphatic hydroxyl groups is 1. The van der Waals surface area contributed by atoms with Gasteiger partial charge in [-0.2, -0.15) is 0 Å². The Hall–Kier alpha value is -1.39. The Kier molecular flexibility index (Phi) is 2.82. The van der Waals surface area contributed by atoms with Gasteiger partial charge in [0.05, 0.1) is 11.8 Å². The van der Waals surface area contributed by atoms with Crippen LogP contribution in [0.2, 0.25) is 0 Å². The molecule has 2 aromatic rings. The molecule has 3 heterocycles. The van der Waals surface area contributed by atoms with E-state index in [9.17, 15) is 5.11 Å². The largest absolute Gasteiger partial charge is 0.392 e. The van der Waals surface area contributed by atoms with E-state index >= 15 is 0 Å². The predicted molar refractivity (Wildman–Crippen MR) is 65.7 cm³/mol. The second-order valence-electron chi connectivity index (χ2n) is 4.73. The Labute approximate surface area is 101 Å². The summed E-state index contributed by atoms with van der Waals surface area (Å²) >= 11 is 0. The topological polar surface area (TPSA) is 40.8 Å². The number of imidazole rings is 1. The van der Waals surface area contributed by atoms with Crippen LogP contribution >= 0.6 is 0 Å². The number of aliphatic hydroxyl groups excluding tert-OH is 1. The molecule has 17 heavy (non-hydrogen) atoms. The lowest BCUT2D eigenvalue weighted by molar-refractivity contribution is 0.0663. The highest BCUT2D eigenvalue weighted by Crippen LogP contribution is 2.13. The van der Waals surface area contributed by atoms with Crippen LogP contribution in [-0.2, 0) is 6.54 Å². The van der Waals surface area contributed by atoms with Crippen LogP contribution in [0.4, 0.5) is 0 Å². The lowest BCUT2D eigenvalue weighted by atomic mass is 10.1. The van der Waals surface area contributed by atoms with Gasteiger partial charge in [-0.3, -0.25) is 4.90 Å². The molecule has 0 aliphatic carbocycles. The molecule has 3 rings (SSSR count). The highest BCUT2D eigenvalue weighted by molar-refractivity contribution is 5.39. The highest BCUT2D eigenvalue weighted by atomic mass is 16.3. The quantitative estimate of drug-likeness (QED) is 0.846. The number of rotatable bonds is 2. The first-order valence-corrected chi connectivity index (χ1v) is 6.14. The summed E-state index contributed by atoms with van der Waals surface area (Å²) in [6.07, 6.45) is 5.92. The minimum absolute atomic E-state index is 0.166. The third-order valence-electron chi connectivity index (χ3n) is 3.28. The Morgan fingerprint density at radius 3 is 3.18 bits per heavy atom. The monoisotopic (exact) mass is 231 g/mol. The van der Waals surface area contributed by atoms with Crippen LogP contribution in [0.3, 0.4) is 0 Å². The smallest absolute Gasteiger partial charge is 0.137 e. The van der Waals surface area contributed by atoms with Gasteiger partial charge in [-0.15, -0.1) is 0 Å². The zero-order chi connectivity index (χ0) is 11.7. The van der Waals surface area contributed by atoms with E-state index in [1.165, 1.54) is 0 Å². The lowest BCUT2D eigenvalue weighted by Crippen LogP contribution is -2.37. The molecule has 2 aromatic heterocycles. The van der Waals surface area contributed by atoms with Crippen LogP contribution in [0.5, 0.6) is 0 Å². The molecule has 1 N–H and O–H groups in total. The molecule has 90 valence electrons. The standard InChI is InChI=1S/C13H17N3O/c17-12-4-3-6-15(10-12)8-11-9-16-7-2-1-5-13(16)14-11/h1-2,5,7,9,12,17H,3-4,6,8,10H2. The third-order valence-corrected chi connectivity index (χ3v) is 3.28. The molecule has 0 radical (unpaired) electrons. The highest BCUT2D eigenvalue weighted by Gasteiger charge is 2.18. The Morgan fingerprint density at radius 2 is 2.35 bits per heavy atom. The summed E-state index contributed by atoms with van der Waals surface area (Å²) in [6.45, 7) is 2.66. The second kappa shape index (κ2) is 4.47. The SMILES string of the molecule is OC1CCCN(Cc2cn3ccccc3n2)C1. The molecule has 0 aromatic carbocycles. The van der Waals surface area contributed by atoms with Crippen molar-refractivity contribution < 1.29 is 5.11 Å². The first kappa shape index (κ1) is 10.7. The van der Waals surface area contributed by atoms with Crippen LogP contribution in [0.25, 0.3) is 5.65 Å². The summed E-state index contributed by atoms with van der Waals surface area (Å²) in [7, 11) is 0. The zero-order valence-electron chi connectivity index (χ0n) is 9.79. The molecule has 1 aliphatic rings. The molecule has 1 unspecified atom stereocenters. The Balaban J connectivity index is 1.75. The van der Waals surface area contributed by atoms with Gasteiger partial charge in [0.2, 0.25) is 0 Å². The van der Waals surface area contributed by atoms with Gasteiger partial charge >= 0.3 is 0 Å². The summed E-state index contributed by atoms with van der Waals surface area (Å²) in [5.41, 5.74) is 2.06. The van der Waals surface area contributed by atoms with Gasteiger partial charge in [0, 0.05) is 25.5 Å². The molecule has 0 bridgehead atoms. The van der Waals surface area contributed by atoms with E-state index < -0.39 is 0 Å². The summed E-state index contributed by atoms with van der Waals surface area (Å²) < 4.78 is 2.04. The van der Waals surface area contributed by atoms with Crippen LogP contribution in [0.15, 0.2) is 30.6 Å². The van der Waals surface area contributed by atoms with Crippen molar-refractivity contribution >= 4 is 5.65 Å². The summed E-state index contributed by atoms with van der Waals surface area (Å²) in [6, 6.07) is 6.01. The Morgan fingerprint density at radius 1 is 1.41 bits per heavy atom. The van der Waals surface area contributed by atoms with Gasteiger partial charge < -0.3 is 9.51 Å². The number of nitrogens with zero attached hydrogens (tertiary/aromatic N) is 3. The van der Waals surface area contributed by atoms with Crippen molar-refractivity contribution in [3.8, 4) is 0 Å². The van der Waals surface area contributed by atoms with Gasteiger partial charge in [0.25, 0.3) is 0 Å². The van der Waals surface area contributed by atoms with E-state index in [1.54, 1.807) is 0 Å². The van der Waals surface area contributed by atoms with Crippen molar-refractivity contribution in [3.63, 3.8) is 0 Å². The molecule has 1 atom stereocenters. The van der Waals surface area contributed by atoms with Crippen molar-refractivity contribution in [2.75, 3.05) is 13.1 Å². The van der Waals surface area contributed by atoms with Crippen molar-refractivity contribution in [1.29, 1.82) is 0 Å². The first-order chi connectivity index (χ1) is 8.31. The molecule has 1 fully saturated rings. The lowest BCUT2D eigenvalue weighted by Gasteiger charge is -2.29. The molecule has 0 spiro atoms. The number of hydrogen-bond acceptors (Lipinski definition) is 3. The molecule has 0 saturated carbocycles. The van der Waals surface area contributed by atoms with Gasteiger partial charge in [0.1, 0.15) is 5.65 Å². The number of hydrogen-bond donors (Lipinski definition) is 1. The average Bonchev–Trinajstić information content (AvgIpc) is 2.71. The minimum atomic E-state index is -0.166. The number of aromatic nitrogens is 2. The fourth-order valence-electron chi connectivity index (χ4n) is 2.47. The van der Waals surface area contributed by atoms with E-state index in [2.05, 4.69) is 16.1 Å². The van der Waals surface area contributed by atoms with E-state index in [0.717, 1.165) is 43.8 Å². The van der Waals surface area contributed by atoms with Crippen LogP contribution in [-0.4, -0.2) is 38.6 Å². The number of likely N-dealkylation sites (tertiary alicyclic amines) is 1. The van der Waals surface area contributed by atoms with Gasteiger partial charge in [-0.1, -0.05) is 6.07 Å². The fraction of sp³-hybridized carbons (Fsp3) is 0.462. The maximum Gasteiger partial charge on any atom is 0.137 e. The Bertz CT molecular complexity index is 475. The second-order valence-corrected chi connectivity index (χ2v) is 4.73. The van der Waals surface area contributed by atoms with Crippen molar-refractivity contribution in [3.05, 3.63) is 36.3 Å². The molecular formula is C13H17N3O. The predicted octanol–water partition coefficient (Wildman–Crippen LogP) is 1.29. The maximum absolute atomic E-state index is 9.63. The number of fused-ring (bicyclic) bond motifs is 1. The van der Waals surface area contributed by atoms with E-state index in [4.69, 9.17) is 0 Å². The molecule has 0 amide bonds. The fourth-order valence-corrected chi connectivity index (χ4v) is 2.47. The molecule has 1 saturated heterocycles. The van der Waals surface area contributed by atoms with Crippen molar-refractivity contribution in [2.45, 2.75) is 25.5 Å². The van der Waals surface area contributed by atoms with Crippen LogP contribution in [0.1, 0.15) is 18.5 Å². The molecule has 1 aliphatic heterocycles. The van der Waals surface area contributed by atoms with Crippen LogP contribution in [0, 0.1) is 0 Å². The average molecular weight is 231 g/mol. The maximum atomic E-state index is 9.63. The van der Waals surface area contributed by atoms with Gasteiger partial charge in [0.15, 0.2) is 0 Å². The van der Waals surface area contributed by atoms with Gasteiger partial charge in [-0.25, -0.2) is 4.98 Å². The number of β-amino-alcohol motifs (C(OH)–C–C–N with tert-alkyl or cyclic N) is 1. The third kappa shape index (κ3) is 2.33. The van der Waals surface area contributed by atoms with Crippen LogP contribution < -0.4 is 0 Å². The summed E-state index contributed by atoms with van der Waals surface area (Å²) in [5.74, 6) is 0. The molecular weight excluding hydrogens is 214 g/mol. The summed E-state index contributed by atoms with van der Waals surface area (Å²) in [5, 5.41) is 9.63. The number of piperidine rings is 1. The molecule has 4 heteroatoms. The molecule has 4 nitrogen and oxygen atoms in total. The van der Waals surface area contributed by atoms with E-state index in [1.807, 2.05) is 28.8 Å². The number of pyridine rings is 1.